The molecule has 1 aliphatic heterocycles. The van der Waals surface area contributed by atoms with E-state index in [-0.39, 0.29) is 0 Å². The highest BCUT2D eigenvalue weighted by molar-refractivity contribution is 6.31. The van der Waals surface area contributed by atoms with Crippen LogP contribution in [0.4, 0.5) is 0 Å². The normalized spacial score (nSPS) is 15.3. The monoisotopic (exact) mass is 153 g/mol. The van der Waals surface area contributed by atoms with Crippen LogP contribution in [0.5, 0.6) is 0 Å². The molecule has 2 heteroatoms. The summed E-state index contributed by atoms with van der Waals surface area (Å²) in [7, 11) is 0. The van der Waals surface area contributed by atoms with Crippen molar-refractivity contribution in [3.05, 3.63) is 41.0 Å². The molecule has 0 saturated heterocycles. The maximum atomic E-state index is 5.87. The number of benzene rings is 1. The molecule has 1 aromatic rings. The van der Waals surface area contributed by atoms with Crippen molar-refractivity contribution in [3.8, 4) is 0 Å². The number of rotatable bonds is 0. The summed E-state index contributed by atoms with van der Waals surface area (Å²) in [6, 6.07) is 5.80. The lowest BCUT2D eigenvalue weighted by Crippen LogP contribution is -1.80. The van der Waals surface area contributed by atoms with Crippen molar-refractivity contribution in [3.63, 3.8) is 0 Å². The van der Waals surface area contributed by atoms with Gasteiger partial charge in [0.25, 0.3) is 0 Å². The van der Waals surface area contributed by atoms with E-state index in [1.54, 1.807) is 6.61 Å². The third-order valence-electron chi connectivity index (χ3n) is 1.59. The lowest BCUT2D eigenvalue weighted by Gasteiger charge is -1.96. The van der Waals surface area contributed by atoms with Gasteiger partial charge in [-0.15, -0.1) is 0 Å². The van der Waals surface area contributed by atoms with Crippen LogP contribution in [0.25, 0.3) is 0 Å². The highest BCUT2D eigenvalue weighted by Gasteiger charge is 2.13. The van der Waals surface area contributed by atoms with Crippen LogP contribution in [0, 0.1) is 6.61 Å². The third-order valence-corrected chi connectivity index (χ3v) is 1.95. The first-order valence-electron chi connectivity index (χ1n) is 3.10. The summed E-state index contributed by atoms with van der Waals surface area (Å²) in [5.74, 6) is 0. The van der Waals surface area contributed by atoms with Crippen molar-refractivity contribution in [2.75, 3.05) is 0 Å². The summed E-state index contributed by atoms with van der Waals surface area (Å²) in [4.78, 5) is 0. The van der Waals surface area contributed by atoms with Crippen LogP contribution in [0.3, 0.4) is 0 Å². The standard InChI is InChI=1S/C8H6ClO/c9-8-3-1-2-6-4-10-5-7(6)8/h1-4H,5H2. The Bertz CT molecular complexity index is 257. The second-order valence-electron chi connectivity index (χ2n) is 2.24. The fraction of sp³-hybridized carbons (Fsp3) is 0.125. The molecule has 1 radical (unpaired) electrons. The number of ether oxygens (including phenoxy) is 1. The minimum atomic E-state index is 0.620. The van der Waals surface area contributed by atoms with Crippen molar-refractivity contribution >= 4 is 11.6 Å². The van der Waals surface area contributed by atoms with Crippen LogP contribution < -0.4 is 0 Å². The Labute approximate surface area is 64.6 Å². The van der Waals surface area contributed by atoms with Crippen molar-refractivity contribution in [2.45, 2.75) is 6.61 Å². The Hall–Kier alpha value is -0.530. The Balaban J connectivity index is 2.59. The molecular weight excluding hydrogens is 148 g/mol. The Morgan fingerprint density at radius 1 is 1.40 bits per heavy atom. The van der Waals surface area contributed by atoms with Crippen molar-refractivity contribution in [1.29, 1.82) is 0 Å². The van der Waals surface area contributed by atoms with E-state index in [9.17, 15) is 0 Å². The van der Waals surface area contributed by atoms with Crippen LogP contribution in [0.1, 0.15) is 11.1 Å². The van der Waals surface area contributed by atoms with Crippen LogP contribution >= 0.6 is 11.6 Å². The summed E-state index contributed by atoms with van der Waals surface area (Å²) in [5, 5.41) is 0.797. The van der Waals surface area contributed by atoms with Gasteiger partial charge in [-0.2, -0.15) is 0 Å². The average molecular weight is 154 g/mol. The molecule has 0 atom stereocenters. The minimum Gasteiger partial charge on any atom is -0.366 e. The predicted octanol–water partition coefficient (Wildman–Crippen LogP) is 2.38. The predicted molar refractivity (Wildman–Crippen MR) is 39.6 cm³/mol. The fourth-order valence-electron chi connectivity index (χ4n) is 1.05. The van der Waals surface area contributed by atoms with Crippen LogP contribution in [-0.4, -0.2) is 0 Å². The SMILES string of the molecule is Clc1cccc2c1CO[CH]2. The maximum absolute atomic E-state index is 5.87. The fourth-order valence-corrected chi connectivity index (χ4v) is 1.29. The van der Waals surface area contributed by atoms with E-state index in [0.717, 1.165) is 16.1 Å². The van der Waals surface area contributed by atoms with E-state index in [2.05, 4.69) is 0 Å². The average Bonchev–Trinajstić information content (AvgIpc) is 2.36. The van der Waals surface area contributed by atoms with E-state index in [1.165, 1.54) is 0 Å². The molecule has 0 aromatic heterocycles. The Morgan fingerprint density at radius 2 is 2.30 bits per heavy atom. The van der Waals surface area contributed by atoms with Gasteiger partial charge < -0.3 is 4.74 Å². The summed E-state index contributed by atoms with van der Waals surface area (Å²) >= 11 is 5.87. The van der Waals surface area contributed by atoms with Gasteiger partial charge in [-0.1, -0.05) is 23.7 Å². The highest BCUT2D eigenvalue weighted by Crippen LogP contribution is 2.27. The quantitative estimate of drug-likeness (QED) is 0.556. The van der Waals surface area contributed by atoms with E-state index < -0.39 is 0 Å². The maximum Gasteiger partial charge on any atom is 0.114 e. The van der Waals surface area contributed by atoms with Gasteiger partial charge in [-0.3, -0.25) is 0 Å². The van der Waals surface area contributed by atoms with Gasteiger partial charge in [0.1, 0.15) is 6.61 Å². The first-order valence-corrected chi connectivity index (χ1v) is 3.48. The van der Waals surface area contributed by atoms with Crippen LogP contribution in [0.2, 0.25) is 5.02 Å². The molecule has 0 unspecified atom stereocenters. The molecule has 0 bridgehead atoms. The zero-order chi connectivity index (χ0) is 6.97. The molecule has 10 heavy (non-hydrogen) atoms. The van der Waals surface area contributed by atoms with Crippen LogP contribution in [0.15, 0.2) is 18.2 Å². The molecule has 51 valence electrons. The largest absolute Gasteiger partial charge is 0.366 e. The zero-order valence-electron chi connectivity index (χ0n) is 5.30. The third kappa shape index (κ3) is 0.825. The number of halogens is 1. The van der Waals surface area contributed by atoms with Crippen LogP contribution in [-0.2, 0) is 11.3 Å². The number of hydrogen-bond donors (Lipinski definition) is 0. The number of fused-ring (bicyclic) bond motifs is 1. The Morgan fingerprint density at radius 3 is 3.10 bits per heavy atom. The van der Waals surface area contributed by atoms with Crippen molar-refractivity contribution in [2.24, 2.45) is 0 Å². The molecule has 2 rings (SSSR count). The first-order chi connectivity index (χ1) is 4.88. The molecule has 1 heterocycles. The van der Waals surface area contributed by atoms with Crippen molar-refractivity contribution in [1.82, 2.24) is 0 Å². The van der Waals surface area contributed by atoms with E-state index in [0.29, 0.717) is 6.61 Å². The molecule has 0 saturated carbocycles. The first kappa shape index (κ1) is 6.20. The van der Waals surface area contributed by atoms with Gasteiger partial charge in [-0.25, -0.2) is 0 Å². The molecule has 0 fully saturated rings. The van der Waals surface area contributed by atoms with Crippen molar-refractivity contribution < 1.29 is 4.74 Å². The van der Waals surface area contributed by atoms with E-state index >= 15 is 0 Å². The Kier molecular flexibility index (Phi) is 1.40. The van der Waals surface area contributed by atoms with Gasteiger partial charge >= 0.3 is 0 Å². The molecular formula is C8H6ClO. The van der Waals surface area contributed by atoms with E-state index in [1.807, 2.05) is 18.2 Å². The smallest absolute Gasteiger partial charge is 0.114 e. The highest BCUT2D eigenvalue weighted by atomic mass is 35.5. The molecule has 1 aliphatic rings. The lowest BCUT2D eigenvalue weighted by atomic mass is 10.1. The molecule has 0 aliphatic carbocycles. The topological polar surface area (TPSA) is 9.23 Å². The van der Waals surface area contributed by atoms with Gasteiger partial charge in [-0.05, 0) is 11.6 Å². The second-order valence-corrected chi connectivity index (χ2v) is 2.64. The summed E-state index contributed by atoms with van der Waals surface area (Å²) < 4.78 is 5.09. The zero-order valence-corrected chi connectivity index (χ0v) is 6.06. The molecule has 1 aromatic carbocycles. The number of hydrogen-bond acceptors (Lipinski definition) is 1. The molecule has 0 N–H and O–H groups in total. The van der Waals surface area contributed by atoms with Gasteiger partial charge in [0.05, 0.1) is 6.61 Å². The summed E-state index contributed by atoms with van der Waals surface area (Å²) in [5.41, 5.74) is 2.21. The summed E-state index contributed by atoms with van der Waals surface area (Å²) in [6.45, 7) is 2.36. The lowest BCUT2D eigenvalue weighted by molar-refractivity contribution is 0.223. The van der Waals surface area contributed by atoms with Gasteiger partial charge in [0.2, 0.25) is 0 Å². The minimum absolute atomic E-state index is 0.620. The molecule has 0 amide bonds. The second kappa shape index (κ2) is 2.26. The molecule has 0 spiro atoms. The molecule has 1 nitrogen and oxygen atoms in total. The van der Waals surface area contributed by atoms with E-state index in [4.69, 9.17) is 16.3 Å². The van der Waals surface area contributed by atoms with Gasteiger partial charge in [0, 0.05) is 10.6 Å². The van der Waals surface area contributed by atoms with Gasteiger partial charge in [0.15, 0.2) is 0 Å². The summed E-state index contributed by atoms with van der Waals surface area (Å²) in [6.07, 6.45) is 0.